The molecule has 1 aliphatic heterocycles. The zero-order valence-electron chi connectivity index (χ0n) is 14.6. The molecule has 138 valence electrons. The van der Waals surface area contributed by atoms with Crippen LogP contribution < -0.4 is 10.2 Å². The van der Waals surface area contributed by atoms with Crippen LogP contribution in [0.15, 0.2) is 24.3 Å². The summed E-state index contributed by atoms with van der Waals surface area (Å²) in [5.41, 5.74) is 0.858. The van der Waals surface area contributed by atoms with E-state index >= 15 is 0 Å². The van der Waals surface area contributed by atoms with Gasteiger partial charge in [-0.25, -0.2) is 0 Å². The molecular formula is C17H20ClN5O2S. The van der Waals surface area contributed by atoms with Gasteiger partial charge < -0.3 is 15.1 Å². The summed E-state index contributed by atoms with van der Waals surface area (Å²) in [6.45, 7) is 5.83. The van der Waals surface area contributed by atoms with Crippen molar-refractivity contribution < 1.29 is 9.59 Å². The van der Waals surface area contributed by atoms with Crippen molar-refractivity contribution in [1.82, 2.24) is 20.4 Å². The van der Waals surface area contributed by atoms with Crippen molar-refractivity contribution in [2.45, 2.75) is 19.9 Å². The molecule has 0 bridgehead atoms. The molecule has 3 rings (SSSR count). The molecule has 2 amide bonds. The lowest BCUT2D eigenvalue weighted by Crippen LogP contribution is -2.53. The minimum absolute atomic E-state index is 0.0580. The first-order chi connectivity index (χ1) is 12.5. The van der Waals surface area contributed by atoms with E-state index in [9.17, 15) is 9.59 Å². The molecule has 1 aromatic heterocycles. The van der Waals surface area contributed by atoms with Crippen molar-refractivity contribution in [1.29, 1.82) is 0 Å². The second kappa shape index (κ2) is 8.01. The van der Waals surface area contributed by atoms with Gasteiger partial charge in [-0.15, -0.1) is 10.2 Å². The zero-order valence-corrected chi connectivity index (χ0v) is 16.2. The van der Waals surface area contributed by atoms with Crippen LogP contribution in [0.2, 0.25) is 5.02 Å². The third-order valence-electron chi connectivity index (χ3n) is 3.97. The highest BCUT2D eigenvalue weighted by molar-refractivity contribution is 7.18. The van der Waals surface area contributed by atoms with E-state index in [4.69, 9.17) is 11.6 Å². The number of nitrogens with zero attached hydrogens (tertiary/aromatic N) is 4. The fraction of sp³-hybridized carbons (Fsp3) is 0.412. The Morgan fingerprint density at radius 3 is 2.50 bits per heavy atom. The summed E-state index contributed by atoms with van der Waals surface area (Å²) < 4.78 is 0. The summed E-state index contributed by atoms with van der Waals surface area (Å²) in [6, 6.07) is 7.47. The number of piperazine rings is 1. The van der Waals surface area contributed by atoms with Gasteiger partial charge in [0, 0.05) is 37.8 Å². The highest BCUT2D eigenvalue weighted by atomic mass is 35.5. The number of rotatable bonds is 3. The van der Waals surface area contributed by atoms with Crippen molar-refractivity contribution in [3.63, 3.8) is 0 Å². The highest BCUT2D eigenvalue weighted by Crippen LogP contribution is 2.33. The van der Waals surface area contributed by atoms with E-state index in [1.807, 2.05) is 38.1 Å². The van der Waals surface area contributed by atoms with Gasteiger partial charge >= 0.3 is 11.8 Å². The van der Waals surface area contributed by atoms with Gasteiger partial charge in [0.2, 0.25) is 5.13 Å². The van der Waals surface area contributed by atoms with Crippen LogP contribution in [0.5, 0.6) is 0 Å². The second-order valence-electron chi connectivity index (χ2n) is 6.28. The summed E-state index contributed by atoms with van der Waals surface area (Å²) in [5, 5.41) is 13.3. The number of halogens is 1. The normalized spacial score (nSPS) is 14.6. The van der Waals surface area contributed by atoms with Gasteiger partial charge in [0.1, 0.15) is 0 Å². The Morgan fingerprint density at radius 2 is 1.85 bits per heavy atom. The Labute approximate surface area is 161 Å². The molecule has 1 fully saturated rings. The highest BCUT2D eigenvalue weighted by Gasteiger charge is 2.27. The molecule has 2 heterocycles. The number of hydrogen-bond acceptors (Lipinski definition) is 6. The van der Waals surface area contributed by atoms with Crippen LogP contribution in [0.25, 0.3) is 10.6 Å². The number of carbonyl (C=O) groups is 2. The summed E-state index contributed by atoms with van der Waals surface area (Å²) >= 11 is 7.68. The Balaban J connectivity index is 1.61. The quantitative estimate of drug-likeness (QED) is 0.807. The van der Waals surface area contributed by atoms with Crippen molar-refractivity contribution >= 4 is 39.9 Å². The number of nitrogens with one attached hydrogen (secondary N) is 1. The standard InChI is InChI=1S/C17H20ClN5O2S/c1-11(2)19-14(24)16(25)22-7-9-23(10-8-22)17-21-20-15(26-17)12-5-3-4-6-13(12)18/h3-6,11H,7-10H2,1-2H3,(H,19,24). The summed E-state index contributed by atoms with van der Waals surface area (Å²) in [4.78, 5) is 27.7. The van der Waals surface area contributed by atoms with Crippen LogP contribution in [0.1, 0.15) is 13.8 Å². The molecule has 0 saturated carbocycles. The molecule has 0 radical (unpaired) electrons. The third-order valence-corrected chi connectivity index (χ3v) is 5.32. The van der Waals surface area contributed by atoms with Gasteiger partial charge in [0.05, 0.1) is 5.02 Å². The zero-order chi connectivity index (χ0) is 18.7. The van der Waals surface area contributed by atoms with Crippen LogP contribution in [0, 0.1) is 0 Å². The summed E-state index contributed by atoms with van der Waals surface area (Å²) in [5.74, 6) is -1.03. The minimum atomic E-state index is -0.551. The molecule has 0 unspecified atom stereocenters. The van der Waals surface area contributed by atoms with Gasteiger partial charge in [0.25, 0.3) is 0 Å². The maximum Gasteiger partial charge on any atom is 0.312 e. The molecule has 1 aromatic carbocycles. The topological polar surface area (TPSA) is 78.4 Å². The fourth-order valence-corrected chi connectivity index (χ4v) is 3.87. The minimum Gasteiger partial charge on any atom is -0.346 e. The van der Waals surface area contributed by atoms with Crippen LogP contribution in [-0.2, 0) is 9.59 Å². The molecule has 0 aliphatic carbocycles. The Kier molecular flexibility index (Phi) is 5.73. The molecule has 26 heavy (non-hydrogen) atoms. The molecule has 0 spiro atoms. The van der Waals surface area contributed by atoms with Crippen molar-refractivity contribution in [2.24, 2.45) is 0 Å². The maximum atomic E-state index is 12.2. The predicted octanol–water partition coefficient (Wildman–Crippen LogP) is 2.03. The van der Waals surface area contributed by atoms with E-state index in [2.05, 4.69) is 20.4 Å². The Morgan fingerprint density at radius 1 is 1.15 bits per heavy atom. The number of anilines is 1. The van der Waals surface area contributed by atoms with E-state index in [1.54, 1.807) is 4.90 Å². The average Bonchev–Trinajstić information content (AvgIpc) is 3.11. The predicted molar refractivity (Wildman–Crippen MR) is 102 cm³/mol. The van der Waals surface area contributed by atoms with Gasteiger partial charge in [-0.2, -0.15) is 0 Å². The lowest BCUT2D eigenvalue weighted by atomic mass is 10.2. The van der Waals surface area contributed by atoms with E-state index in [0.717, 1.165) is 15.7 Å². The van der Waals surface area contributed by atoms with Crippen molar-refractivity contribution in [2.75, 3.05) is 31.1 Å². The first-order valence-electron chi connectivity index (χ1n) is 8.39. The molecule has 9 heteroatoms. The second-order valence-corrected chi connectivity index (χ2v) is 7.64. The average molecular weight is 394 g/mol. The smallest absolute Gasteiger partial charge is 0.312 e. The Bertz CT molecular complexity index is 802. The number of benzene rings is 1. The lowest BCUT2D eigenvalue weighted by Gasteiger charge is -2.33. The van der Waals surface area contributed by atoms with Crippen molar-refractivity contribution in [3.8, 4) is 10.6 Å². The molecule has 1 N–H and O–H groups in total. The molecular weight excluding hydrogens is 374 g/mol. The fourth-order valence-electron chi connectivity index (χ4n) is 2.66. The molecule has 1 aliphatic rings. The summed E-state index contributed by atoms with van der Waals surface area (Å²) in [6.07, 6.45) is 0. The number of carbonyl (C=O) groups excluding carboxylic acids is 2. The SMILES string of the molecule is CC(C)NC(=O)C(=O)N1CCN(c2nnc(-c3ccccc3Cl)s2)CC1. The monoisotopic (exact) mass is 393 g/mol. The van der Waals surface area contributed by atoms with Gasteiger partial charge in [0.15, 0.2) is 5.01 Å². The maximum absolute atomic E-state index is 12.2. The van der Waals surface area contributed by atoms with Crippen LogP contribution >= 0.6 is 22.9 Å². The van der Waals surface area contributed by atoms with Crippen LogP contribution in [0.4, 0.5) is 5.13 Å². The molecule has 0 atom stereocenters. The van der Waals surface area contributed by atoms with Gasteiger partial charge in [-0.05, 0) is 19.9 Å². The van der Waals surface area contributed by atoms with E-state index < -0.39 is 11.8 Å². The first kappa shape index (κ1) is 18.6. The number of aromatic nitrogens is 2. The van der Waals surface area contributed by atoms with Gasteiger partial charge in [-0.1, -0.05) is 41.1 Å². The lowest BCUT2D eigenvalue weighted by molar-refractivity contribution is -0.146. The summed E-state index contributed by atoms with van der Waals surface area (Å²) in [7, 11) is 0. The van der Waals surface area contributed by atoms with Gasteiger partial charge in [-0.3, -0.25) is 9.59 Å². The molecule has 1 saturated heterocycles. The molecule has 2 aromatic rings. The van der Waals surface area contributed by atoms with Crippen LogP contribution in [0.3, 0.4) is 0 Å². The van der Waals surface area contributed by atoms with E-state index in [-0.39, 0.29) is 6.04 Å². The first-order valence-corrected chi connectivity index (χ1v) is 9.58. The number of hydrogen-bond donors (Lipinski definition) is 1. The van der Waals surface area contributed by atoms with Crippen molar-refractivity contribution in [3.05, 3.63) is 29.3 Å². The number of amides is 2. The van der Waals surface area contributed by atoms with E-state index in [1.165, 1.54) is 11.3 Å². The van der Waals surface area contributed by atoms with E-state index in [0.29, 0.717) is 31.2 Å². The third kappa shape index (κ3) is 4.13. The Hall–Kier alpha value is -2.19. The largest absolute Gasteiger partial charge is 0.346 e. The van der Waals surface area contributed by atoms with Crippen LogP contribution in [-0.4, -0.2) is 59.1 Å². The molecule has 7 nitrogen and oxygen atoms in total.